The molecule has 1 N–H and O–H groups in total. The molecule has 0 atom stereocenters. The molecule has 4 heteroatoms. The molecular formula is C17H34N4. The van der Waals surface area contributed by atoms with Crippen LogP contribution in [-0.4, -0.2) is 28.9 Å². The predicted octanol–water partition coefficient (Wildman–Crippen LogP) is 3.63. The smallest absolute Gasteiger partial charge is 0.131 e. The summed E-state index contributed by atoms with van der Waals surface area (Å²) in [4.78, 5) is 2.51. The van der Waals surface area contributed by atoms with Gasteiger partial charge in [-0.15, -0.1) is 0 Å². The maximum atomic E-state index is 4.66. The van der Waals surface area contributed by atoms with E-state index in [1.807, 2.05) is 0 Å². The van der Waals surface area contributed by atoms with Gasteiger partial charge in [-0.2, -0.15) is 5.10 Å². The molecule has 0 aliphatic carbocycles. The van der Waals surface area contributed by atoms with Crippen molar-refractivity contribution in [3.8, 4) is 0 Å². The number of hydrogen-bond donors (Lipinski definition) is 1. The number of anilines is 1. The normalized spacial score (nSPS) is 11.4. The highest BCUT2D eigenvalue weighted by Gasteiger charge is 2.20. The van der Waals surface area contributed by atoms with Gasteiger partial charge in [0.1, 0.15) is 5.82 Å². The zero-order valence-electron chi connectivity index (χ0n) is 14.9. The summed E-state index contributed by atoms with van der Waals surface area (Å²) in [5.74, 6) is 1.29. The van der Waals surface area contributed by atoms with Crippen molar-refractivity contribution in [1.29, 1.82) is 0 Å². The van der Waals surface area contributed by atoms with Gasteiger partial charge in [0, 0.05) is 31.7 Å². The Morgan fingerprint density at radius 2 is 1.90 bits per heavy atom. The lowest BCUT2D eigenvalue weighted by Gasteiger charge is -2.30. The minimum absolute atomic E-state index is 0.501. The van der Waals surface area contributed by atoms with Crippen LogP contribution in [0.15, 0.2) is 0 Å². The van der Waals surface area contributed by atoms with Crippen LogP contribution in [-0.2, 0) is 13.6 Å². The molecule has 0 amide bonds. The van der Waals surface area contributed by atoms with E-state index in [4.69, 9.17) is 0 Å². The van der Waals surface area contributed by atoms with Crippen LogP contribution in [0.2, 0.25) is 0 Å². The molecule has 0 spiro atoms. The van der Waals surface area contributed by atoms with Gasteiger partial charge in [-0.3, -0.25) is 4.68 Å². The molecule has 0 aliphatic rings. The predicted molar refractivity (Wildman–Crippen MR) is 91.9 cm³/mol. The van der Waals surface area contributed by atoms with Crippen LogP contribution < -0.4 is 10.2 Å². The first-order chi connectivity index (χ1) is 10.0. The molecular weight excluding hydrogens is 260 g/mol. The second kappa shape index (κ2) is 9.08. The largest absolute Gasteiger partial charge is 0.354 e. The SMILES string of the molecule is CCCCCN(c1c(CNCCC)c(C)nn1C)C(C)C. The lowest BCUT2D eigenvalue weighted by molar-refractivity contribution is 0.594. The van der Waals surface area contributed by atoms with Crippen molar-refractivity contribution >= 4 is 5.82 Å². The molecule has 0 unspecified atom stereocenters. The maximum Gasteiger partial charge on any atom is 0.131 e. The molecule has 0 aromatic carbocycles. The summed E-state index contributed by atoms with van der Waals surface area (Å²) >= 11 is 0. The molecule has 0 fully saturated rings. The van der Waals surface area contributed by atoms with Crippen molar-refractivity contribution in [2.75, 3.05) is 18.0 Å². The van der Waals surface area contributed by atoms with Gasteiger partial charge in [-0.25, -0.2) is 0 Å². The third-order valence-corrected chi connectivity index (χ3v) is 3.94. The van der Waals surface area contributed by atoms with Gasteiger partial charge in [0.05, 0.1) is 5.69 Å². The molecule has 122 valence electrons. The van der Waals surface area contributed by atoms with Crippen molar-refractivity contribution in [3.05, 3.63) is 11.3 Å². The maximum absolute atomic E-state index is 4.66. The van der Waals surface area contributed by atoms with Crippen molar-refractivity contribution in [3.63, 3.8) is 0 Å². The van der Waals surface area contributed by atoms with Crippen LogP contribution in [0.1, 0.15) is 64.6 Å². The molecule has 1 heterocycles. The lowest BCUT2D eigenvalue weighted by Crippen LogP contribution is -2.34. The van der Waals surface area contributed by atoms with Crippen molar-refractivity contribution < 1.29 is 0 Å². The van der Waals surface area contributed by atoms with E-state index >= 15 is 0 Å². The summed E-state index contributed by atoms with van der Waals surface area (Å²) < 4.78 is 2.06. The van der Waals surface area contributed by atoms with Crippen LogP contribution in [0.5, 0.6) is 0 Å². The zero-order valence-corrected chi connectivity index (χ0v) is 14.9. The second-order valence-corrected chi connectivity index (χ2v) is 6.18. The highest BCUT2D eigenvalue weighted by Crippen LogP contribution is 2.25. The lowest BCUT2D eigenvalue weighted by atomic mass is 10.1. The Kier molecular flexibility index (Phi) is 7.79. The number of rotatable bonds is 10. The first-order valence-electron chi connectivity index (χ1n) is 8.52. The summed E-state index contributed by atoms with van der Waals surface area (Å²) in [5.41, 5.74) is 2.51. The number of nitrogens with zero attached hydrogens (tertiary/aromatic N) is 3. The molecule has 21 heavy (non-hydrogen) atoms. The molecule has 0 radical (unpaired) electrons. The standard InChI is InChI=1S/C17H34N4/c1-7-9-10-12-21(14(3)4)17-16(13-18-11-8-2)15(5)19-20(17)6/h14,18H,7-13H2,1-6H3. The summed E-state index contributed by atoms with van der Waals surface area (Å²) in [6.07, 6.45) is 4.98. The highest BCUT2D eigenvalue weighted by atomic mass is 15.4. The highest BCUT2D eigenvalue weighted by molar-refractivity contribution is 5.50. The van der Waals surface area contributed by atoms with Crippen LogP contribution in [0.25, 0.3) is 0 Å². The van der Waals surface area contributed by atoms with Gasteiger partial charge in [0.2, 0.25) is 0 Å². The molecule has 4 nitrogen and oxygen atoms in total. The Morgan fingerprint density at radius 3 is 2.48 bits per heavy atom. The monoisotopic (exact) mass is 294 g/mol. The third kappa shape index (κ3) is 5.03. The summed E-state index contributed by atoms with van der Waals surface area (Å²) in [7, 11) is 2.07. The van der Waals surface area contributed by atoms with Gasteiger partial charge < -0.3 is 10.2 Å². The van der Waals surface area contributed by atoms with Gasteiger partial charge in [-0.05, 0) is 40.2 Å². The molecule has 0 saturated carbocycles. The van der Waals surface area contributed by atoms with E-state index in [0.29, 0.717) is 6.04 Å². The fraction of sp³-hybridized carbons (Fsp3) is 0.824. The third-order valence-electron chi connectivity index (χ3n) is 3.94. The average molecular weight is 294 g/mol. The molecule has 0 aliphatic heterocycles. The first kappa shape index (κ1) is 18.0. The fourth-order valence-corrected chi connectivity index (χ4v) is 2.79. The number of aromatic nitrogens is 2. The van der Waals surface area contributed by atoms with Crippen LogP contribution in [0.4, 0.5) is 5.82 Å². The minimum Gasteiger partial charge on any atom is -0.354 e. The van der Waals surface area contributed by atoms with Gasteiger partial charge in [0.25, 0.3) is 0 Å². The first-order valence-corrected chi connectivity index (χ1v) is 8.52. The fourth-order valence-electron chi connectivity index (χ4n) is 2.79. The molecule has 1 aromatic heterocycles. The van der Waals surface area contributed by atoms with E-state index < -0.39 is 0 Å². The van der Waals surface area contributed by atoms with E-state index in [0.717, 1.165) is 25.3 Å². The van der Waals surface area contributed by atoms with Gasteiger partial charge >= 0.3 is 0 Å². The van der Waals surface area contributed by atoms with E-state index in [2.05, 4.69) is 61.7 Å². The number of nitrogens with one attached hydrogen (secondary N) is 1. The number of hydrogen-bond acceptors (Lipinski definition) is 3. The van der Waals surface area contributed by atoms with Crippen LogP contribution in [0, 0.1) is 6.92 Å². The van der Waals surface area contributed by atoms with Crippen LogP contribution in [0.3, 0.4) is 0 Å². The number of unbranched alkanes of at least 4 members (excludes halogenated alkanes) is 2. The van der Waals surface area contributed by atoms with Crippen molar-refractivity contribution in [1.82, 2.24) is 15.1 Å². The van der Waals surface area contributed by atoms with E-state index in [9.17, 15) is 0 Å². The molecule has 0 saturated heterocycles. The molecule has 1 aromatic rings. The average Bonchev–Trinajstić information content (AvgIpc) is 2.70. The van der Waals surface area contributed by atoms with Gasteiger partial charge in [0.15, 0.2) is 0 Å². The Labute approximate surface area is 130 Å². The quantitative estimate of drug-likeness (QED) is 0.669. The molecule has 0 bridgehead atoms. The van der Waals surface area contributed by atoms with Gasteiger partial charge in [-0.1, -0.05) is 26.7 Å². The summed E-state index contributed by atoms with van der Waals surface area (Å²) in [5, 5.41) is 8.18. The summed E-state index contributed by atoms with van der Waals surface area (Å²) in [6.45, 7) is 14.2. The molecule has 1 rings (SSSR count). The Balaban J connectivity index is 2.94. The second-order valence-electron chi connectivity index (χ2n) is 6.18. The Bertz CT molecular complexity index is 409. The number of aryl methyl sites for hydroxylation is 2. The minimum atomic E-state index is 0.501. The van der Waals surface area contributed by atoms with E-state index in [1.165, 1.54) is 37.1 Å². The van der Waals surface area contributed by atoms with Crippen molar-refractivity contribution in [2.45, 2.75) is 72.9 Å². The van der Waals surface area contributed by atoms with Crippen molar-refractivity contribution in [2.24, 2.45) is 7.05 Å². The van der Waals surface area contributed by atoms with E-state index in [-0.39, 0.29) is 0 Å². The topological polar surface area (TPSA) is 33.1 Å². The van der Waals surface area contributed by atoms with Crippen LogP contribution >= 0.6 is 0 Å². The Hall–Kier alpha value is -1.03. The summed E-state index contributed by atoms with van der Waals surface area (Å²) in [6, 6.07) is 0.501. The zero-order chi connectivity index (χ0) is 15.8. The van der Waals surface area contributed by atoms with E-state index in [1.54, 1.807) is 0 Å². The Morgan fingerprint density at radius 1 is 1.19 bits per heavy atom.